The molecule has 7 atom stereocenters. The highest BCUT2D eigenvalue weighted by Gasteiger charge is 2.52. The van der Waals surface area contributed by atoms with Crippen molar-refractivity contribution in [1.29, 1.82) is 0 Å². The van der Waals surface area contributed by atoms with Crippen LogP contribution in [0.4, 0.5) is 0 Å². The van der Waals surface area contributed by atoms with Crippen LogP contribution in [0.3, 0.4) is 0 Å². The smallest absolute Gasteiger partial charge is 0.334 e. The van der Waals surface area contributed by atoms with Gasteiger partial charge in [-0.2, -0.15) is 0 Å². The van der Waals surface area contributed by atoms with Crippen molar-refractivity contribution in [3.05, 3.63) is 70.3 Å². The number of hydrogen-bond acceptors (Lipinski definition) is 9. The Kier molecular flexibility index (Phi) is 9.56. The van der Waals surface area contributed by atoms with E-state index in [0.29, 0.717) is 60.9 Å². The van der Waals surface area contributed by atoms with Crippen molar-refractivity contribution in [1.82, 2.24) is 5.32 Å². The maximum atomic E-state index is 14.0. The number of carbonyl (C=O) groups excluding carboxylic acids is 3. The Morgan fingerprint density at radius 3 is 2.66 bits per heavy atom. The van der Waals surface area contributed by atoms with E-state index in [2.05, 4.69) is 17.2 Å². The number of carbonyl (C=O) groups is 3. The molecule has 7 unspecified atom stereocenters. The number of cyclic esters (lactones) is 1. The Morgan fingerprint density at radius 2 is 1.87 bits per heavy atom. The number of phenolic OH excluding ortho intramolecular Hbond substituents is 1. The topological polar surface area (TPSA) is 142 Å². The number of ether oxygens (including phenoxy) is 2. The first-order chi connectivity index (χ1) is 22.6. The lowest BCUT2D eigenvalue weighted by atomic mass is 9.60. The summed E-state index contributed by atoms with van der Waals surface area (Å²) in [4.78, 5) is 39.1. The zero-order chi connectivity index (χ0) is 33.3. The van der Waals surface area contributed by atoms with Gasteiger partial charge in [0.25, 0.3) is 0 Å². The molecule has 6 rings (SSSR count). The molecule has 9 heteroatoms. The van der Waals surface area contributed by atoms with Gasteiger partial charge in [0.2, 0.25) is 0 Å². The number of Topliss-reactive ketones (excluding diaryl/α,β-unsaturated/α-hetero) is 1. The van der Waals surface area contributed by atoms with Crippen LogP contribution in [-0.2, 0) is 25.5 Å². The van der Waals surface area contributed by atoms with Crippen molar-refractivity contribution < 1.29 is 39.2 Å². The van der Waals surface area contributed by atoms with E-state index in [9.17, 15) is 29.7 Å². The minimum Gasteiger partial charge on any atom is -0.508 e. The van der Waals surface area contributed by atoms with Crippen molar-refractivity contribution in [3.8, 4) is 23.3 Å². The first-order valence-electron chi connectivity index (χ1n) is 16.7. The average molecular weight is 642 g/mol. The third-order valence-electron chi connectivity index (χ3n) is 10.5. The number of allylic oxidation sites excluding steroid dienone is 1. The molecule has 2 aliphatic carbocycles. The molecule has 2 aromatic rings. The number of nitrogens with one attached hydrogen (secondary N) is 1. The van der Waals surface area contributed by atoms with Gasteiger partial charge < -0.3 is 30.1 Å². The molecule has 0 spiro atoms. The van der Waals surface area contributed by atoms with Gasteiger partial charge in [-0.1, -0.05) is 48.6 Å². The molecule has 4 aliphatic rings. The number of aliphatic hydroxyl groups excluding tert-OH is 1. The zero-order valence-electron chi connectivity index (χ0n) is 27.0. The molecule has 2 saturated carbocycles. The summed E-state index contributed by atoms with van der Waals surface area (Å²) >= 11 is 0. The minimum absolute atomic E-state index is 0.00344. The predicted molar refractivity (Wildman–Crippen MR) is 174 cm³/mol. The summed E-state index contributed by atoms with van der Waals surface area (Å²) in [6.45, 7) is 2.13. The molecule has 2 aliphatic heterocycles. The fourth-order valence-electron chi connectivity index (χ4n) is 8.02. The number of rotatable bonds is 5. The SMILES string of the molecule is CC=C1CC(c2cccc(C(O)CNC)c2)C#CC2CC(=O)Oc3cc(O)c(cc32)CC(C2(O)CCCC3CC(=O)CCC32)OC1=O. The molecule has 2 bridgehead atoms. The monoisotopic (exact) mass is 641 g/mol. The first kappa shape index (κ1) is 33.0. The van der Waals surface area contributed by atoms with Crippen molar-refractivity contribution in [3.63, 3.8) is 0 Å². The van der Waals surface area contributed by atoms with Crippen molar-refractivity contribution in [2.45, 2.75) is 94.4 Å². The maximum Gasteiger partial charge on any atom is 0.334 e. The van der Waals surface area contributed by atoms with Gasteiger partial charge in [-0.05, 0) is 74.2 Å². The van der Waals surface area contributed by atoms with E-state index >= 15 is 0 Å². The average Bonchev–Trinajstić information content (AvgIpc) is 3.05. The Balaban J connectivity index is 1.46. The summed E-state index contributed by atoms with van der Waals surface area (Å²) in [6, 6.07) is 10.6. The largest absolute Gasteiger partial charge is 0.508 e. The third-order valence-corrected chi connectivity index (χ3v) is 10.5. The zero-order valence-corrected chi connectivity index (χ0v) is 27.0. The van der Waals surface area contributed by atoms with E-state index in [4.69, 9.17) is 9.47 Å². The van der Waals surface area contributed by atoms with E-state index in [1.807, 2.05) is 24.3 Å². The Bertz CT molecular complexity index is 1650. The lowest BCUT2D eigenvalue weighted by Crippen LogP contribution is -2.57. The molecular formula is C38H43NO8. The van der Waals surface area contributed by atoms with Gasteiger partial charge in [0.15, 0.2) is 0 Å². The molecule has 2 fully saturated rings. The third kappa shape index (κ3) is 6.73. The number of esters is 2. The molecule has 9 nitrogen and oxygen atoms in total. The summed E-state index contributed by atoms with van der Waals surface area (Å²) in [7, 11) is 1.76. The summed E-state index contributed by atoms with van der Waals surface area (Å²) in [5, 5.41) is 37.3. The van der Waals surface area contributed by atoms with Gasteiger partial charge in [-0.15, -0.1) is 0 Å². The van der Waals surface area contributed by atoms with Crippen LogP contribution >= 0.6 is 0 Å². The normalized spacial score (nSPS) is 30.8. The molecule has 0 amide bonds. The summed E-state index contributed by atoms with van der Waals surface area (Å²) in [5.41, 5.74) is 1.59. The van der Waals surface area contributed by atoms with Gasteiger partial charge in [-0.3, -0.25) is 9.59 Å². The number of phenols is 1. The second-order valence-corrected chi connectivity index (χ2v) is 13.5. The van der Waals surface area contributed by atoms with E-state index in [0.717, 1.165) is 12.0 Å². The minimum atomic E-state index is -1.40. The molecule has 248 valence electrons. The van der Waals surface area contributed by atoms with E-state index in [-0.39, 0.29) is 48.4 Å². The van der Waals surface area contributed by atoms with E-state index < -0.39 is 41.6 Å². The van der Waals surface area contributed by atoms with Crippen LogP contribution in [-0.4, -0.2) is 58.3 Å². The van der Waals surface area contributed by atoms with Crippen LogP contribution in [0.2, 0.25) is 0 Å². The van der Waals surface area contributed by atoms with Crippen molar-refractivity contribution in [2.24, 2.45) is 11.8 Å². The quantitative estimate of drug-likeness (QED) is 0.160. The highest BCUT2D eigenvalue weighted by atomic mass is 16.6. The standard InChI is InChI=1S/C38H43NO8/c1-3-22-14-24(23-6-4-7-27(15-23)33(42)21-39-2)9-10-25-19-36(43)46-34-20-32(41)28(17-30(25)34)18-35(47-37(22)44)38(45)13-5-8-26-16-29(40)11-12-31(26)38/h3-4,6-7,15,17,20,24-26,31,33,35,39,41-42,45H,5,8,11-14,16,18-19,21H2,1-2H3. The molecule has 0 aromatic heterocycles. The molecule has 0 radical (unpaired) electrons. The van der Waals surface area contributed by atoms with Crippen LogP contribution in [0.15, 0.2) is 48.0 Å². The summed E-state index contributed by atoms with van der Waals surface area (Å²) in [6.07, 6.45) is 3.46. The van der Waals surface area contributed by atoms with Gasteiger partial charge >= 0.3 is 11.9 Å². The van der Waals surface area contributed by atoms with E-state index in [1.165, 1.54) is 6.07 Å². The maximum absolute atomic E-state index is 14.0. The second-order valence-electron chi connectivity index (χ2n) is 13.5. The number of ketones is 1. The molecule has 2 aromatic carbocycles. The lowest BCUT2D eigenvalue weighted by Gasteiger charge is -2.50. The number of aliphatic hydroxyl groups is 2. The molecule has 4 N–H and O–H groups in total. The second kappa shape index (κ2) is 13.6. The van der Waals surface area contributed by atoms with Crippen LogP contribution in [0.1, 0.15) is 98.5 Å². The highest BCUT2D eigenvalue weighted by Crippen LogP contribution is 2.49. The van der Waals surface area contributed by atoms with Crippen LogP contribution in [0, 0.1) is 23.7 Å². The number of likely N-dealkylation sites (N-methyl/N-ethyl adjacent to an activating group) is 1. The molecular weight excluding hydrogens is 598 g/mol. The van der Waals surface area contributed by atoms with E-state index in [1.54, 1.807) is 26.1 Å². The van der Waals surface area contributed by atoms with Crippen LogP contribution in [0.5, 0.6) is 11.5 Å². The number of fused-ring (bicyclic) bond motifs is 2. The molecule has 0 saturated heterocycles. The van der Waals surface area contributed by atoms with Crippen molar-refractivity contribution >= 4 is 17.7 Å². The van der Waals surface area contributed by atoms with Gasteiger partial charge in [0, 0.05) is 48.9 Å². The summed E-state index contributed by atoms with van der Waals surface area (Å²) < 4.78 is 11.8. The number of benzene rings is 2. The Labute approximate surface area is 275 Å². The number of hydrogen-bond donors (Lipinski definition) is 4. The van der Waals surface area contributed by atoms with Crippen LogP contribution in [0.25, 0.3) is 0 Å². The molecule has 47 heavy (non-hydrogen) atoms. The lowest BCUT2D eigenvalue weighted by molar-refractivity contribution is -0.187. The van der Waals surface area contributed by atoms with Gasteiger partial charge in [0.05, 0.1) is 18.4 Å². The fourth-order valence-corrected chi connectivity index (χ4v) is 8.02. The summed E-state index contributed by atoms with van der Waals surface area (Å²) in [5.74, 6) is 4.66. The highest BCUT2D eigenvalue weighted by molar-refractivity contribution is 5.89. The fraction of sp³-hybridized carbons (Fsp3) is 0.500. The number of aromatic hydroxyl groups is 1. The Hall–Kier alpha value is -3.97. The van der Waals surface area contributed by atoms with Gasteiger partial charge in [-0.25, -0.2) is 4.79 Å². The van der Waals surface area contributed by atoms with Crippen LogP contribution < -0.4 is 10.1 Å². The first-order valence-corrected chi connectivity index (χ1v) is 16.7. The Morgan fingerprint density at radius 1 is 1.06 bits per heavy atom. The molecule has 2 heterocycles. The van der Waals surface area contributed by atoms with Gasteiger partial charge in [0.1, 0.15) is 29.0 Å². The predicted octanol–water partition coefficient (Wildman–Crippen LogP) is 4.53. The van der Waals surface area contributed by atoms with Crippen molar-refractivity contribution in [2.75, 3.05) is 13.6 Å².